The molecule has 0 aliphatic carbocycles. The Morgan fingerprint density at radius 1 is 1.17 bits per heavy atom. The normalized spacial score (nSPS) is 16.7. The molecule has 0 aromatic heterocycles. The Kier molecular flexibility index (Phi) is 3.54. The van der Waals surface area contributed by atoms with Crippen molar-refractivity contribution in [3.63, 3.8) is 0 Å². The molecule has 0 saturated carbocycles. The molecule has 1 aromatic carbocycles. The number of alkyl halides is 3. The maximum absolute atomic E-state index is 13.3. The van der Waals surface area contributed by atoms with Crippen molar-refractivity contribution >= 4 is 0 Å². The second-order valence-corrected chi connectivity index (χ2v) is 4.01. The van der Waals surface area contributed by atoms with E-state index in [1.807, 2.05) is 0 Å². The summed E-state index contributed by atoms with van der Waals surface area (Å²) in [5, 5.41) is 2.90. The van der Waals surface area contributed by atoms with E-state index in [2.05, 4.69) is 5.32 Å². The second-order valence-electron chi connectivity index (χ2n) is 4.01. The van der Waals surface area contributed by atoms with Crippen molar-refractivity contribution in [2.24, 2.45) is 0 Å². The number of nitrogens with one attached hydrogen (secondary N) is 1. The van der Waals surface area contributed by atoms with Crippen LogP contribution in [0.4, 0.5) is 22.0 Å². The third-order valence-electron chi connectivity index (χ3n) is 2.66. The first-order valence-corrected chi connectivity index (χ1v) is 5.25. The summed E-state index contributed by atoms with van der Waals surface area (Å²) in [6.07, 6.45) is -4.98. The van der Waals surface area contributed by atoms with Crippen molar-refractivity contribution in [2.75, 3.05) is 13.1 Å². The van der Waals surface area contributed by atoms with Crippen LogP contribution in [-0.2, 0) is 17.5 Å². The highest BCUT2D eigenvalue weighted by Gasteiger charge is 2.35. The Hall–Kier alpha value is -1.21. The van der Waals surface area contributed by atoms with Gasteiger partial charge < -0.3 is 10.1 Å². The Bertz CT molecular complexity index is 442. The molecule has 1 fully saturated rings. The molecule has 1 aliphatic heterocycles. The van der Waals surface area contributed by atoms with Gasteiger partial charge in [-0.05, 0) is 6.07 Å². The van der Waals surface area contributed by atoms with Crippen LogP contribution in [-0.4, -0.2) is 19.2 Å². The van der Waals surface area contributed by atoms with Gasteiger partial charge in [-0.2, -0.15) is 13.2 Å². The van der Waals surface area contributed by atoms with E-state index in [1.54, 1.807) is 0 Å². The van der Waals surface area contributed by atoms with Crippen LogP contribution >= 0.6 is 0 Å². The molecule has 7 heteroatoms. The molecule has 18 heavy (non-hydrogen) atoms. The number of hydrogen-bond donors (Lipinski definition) is 1. The van der Waals surface area contributed by atoms with Gasteiger partial charge in [-0.25, -0.2) is 8.78 Å². The summed E-state index contributed by atoms with van der Waals surface area (Å²) in [7, 11) is 0. The quantitative estimate of drug-likeness (QED) is 0.849. The van der Waals surface area contributed by atoms with Gasteiger partial charge in [0.25, 0.3) is 0 Å². The van der Waals surface area contributed by atoms with Gasteiger partial charge in [0.05, 0.1) is 18.3 Å². The molecule has 0 spiro atoms. The topological polar surface area (TPSA) is 21.3 Å². The first-order chi connectivity index (χ1) is 8.38. The third kappa shape index (κ3) is 2.78. The number of benzene rings is 1. The summed E-state index contributed by atoms with van der Waals surface area (Å²) in [6, 6.07) is 0.692. The smallest absolute Gasteiger partial charge is 0.371 e. The summed E-state index contributed by atoms with van der Waals surface area (Å²) in [5.41, 5.74) is -1.77. The summed E-state index contributed by atoms with van der Waals surface area (Å²) < 4.78 is 68.7. The van der Waals surface area contributed by atoms with Gasteiger partial charge in [-0.3, -0.25) is 0 Å². The van der Waals surface area contributed by atoms with E-state index in [1.165, 1.54) is 0 Å². The first kappa shape index (κ1) is 13.2. The number of ether oxygens (including phenoxy) is 1. The van der Waals surface area contributed by atoms with Crippen LogP contribution < -0.4 is 5.32 Å². The average Bonchev–Trinajstić information content (AvgIpc) is 2.16. The van der Waals surface area contributed by atoms with Gasteiger partial charge in [-0.15, -0.1) is 0 Å². The van der Waals surface area contributed by atoms with Crippen LogP contribution in [0.3, 0.4) is 0 Å². The highest BCUT2D eigenvalue weighted by Crippen LogP contribution is 2.33. The Labute approximate surface area is 99.7 Å². The van der Waals surface area contributed by atoms with Crippen molar-refractivity contribution in [1.82, 2.24) is 5.32 Å². The van der Waals surface area contributed by atoms with Gasteiger partial charge in [0.1, 0.15) is 11.6 Å². The van der Waals surface area contributed by atoms with Crippen molar-refractivity contribution in [3.8, 4) is 0 Å². The van der Waals surface area contributed by atoms with Crippen molar-refractivity contribution in [3.05, 3.63) is 34.9 Å². The predicted molar refractivity (Wildman–Crippen MR) is 52.8 cm³/mol. The van der Waals surface area contributed by atoms with Crippen LogP contribution in [0.25, 0.3) is 0 Å². The zero-order valence-corrected chi connectivity index (χ0v) is 9.15. The maximum atomic E-state index is 13.3. The van der Waals surface area contributed by atoms with E-state index in [-0.39, 0.29) is 24.3 Å². The molecule has 0 bridgehead atoms. The minimum Gasteiger partial charge on any atom is -0.371 e. The highest BCUT2D eigenvalue weighted by atomic mass is 19.4. The molecule has 0 unspecified atom stereocenters. The lowest BCUT2D eigenvalue weighted by molar-refractivity contribution is -0.140. The Morgan fingerprint density at radius 3 is 2.33 bits per heavy atom. The molecule has 0 atom stereocenters. The van der Waals surface area contributed by atoms with E-state index >= 15 is 0 Å². The van der Waals surface area contributed by atoms with E-state index in [9.17, 15) is 22.0 Å². The second kappa shape index (κ2) is 4.81. The number of hydrogen-bond acceptors (Lipinski definition) is 2. The van der Waals surface area contributed by atoms with Gasteiger partial charge >= 0.3 is 6.18 Å². The van der Waals surface area contributed by atoms with E-state index in [0.717, 1.165) is 0 Å². The van der Waals surface area contributed by atoms with Crippen LogP contribution in [0.15, 0.2) is 12.1 Å². The Morgan fingerprint density at radius 2 is 1.83 bits per heavy atom. The molecule has 1 N–H and O–H groups in total. The molecular weight excluding hydrogens is 257 g/mol. The van der Waals surface area contributed by atoms with E-state index in [4.69, 9.17) is 4.74 Å². The number of halogens is 5. The minimum absolute atomic E-state index is 0.135. The van der Waals surface area contributed by atoms with Gasteiger partial charge in [0.15, 0.2) is 0 Å². The SMILES string of the molecule is Fc1cc(F)c(C(F)(F)F)cc1COC1CNC1. The molecule has 2 rings (SSSR count). The zero-order valence-electron chi connectivity index (χ0n) is 9.15. The monoisotopic (exact) mass is 267 g/mol. The first-order valence-electron chi connectivity index (χ1n) is 5.25. The molecule has 1 aliphatic rings. The third-order valence-corrected chi connectivity index (χ3v) is 2.66. The molecule has 1 heterocycles. The predicted octanol–water partition coefficient (Wildman–Crippen LogP) is 2.47. The van der Waals surface area contributed by atoms with E-state index < -0.39 is 23.4 Å². The molecule has 1 aromatic rings. The molecule has 2 nitrogen and oxygen atoms in total. The summed E-state index contributed by atoms with van der Waals surface area (Å²) in [4.78, 5) is 0. The fraction of sp³-hybridized carbons (Fsp3) is 0.455. The highest BCUT2D eigenvalue weighted by molar-refractivity contribution is 5.28. The average molecular weight is 267 g/mol. The maximum Gasteiger partial charge on any atom is 0.419 e. The Balaban J connectivity index is 2.18. The van der Waals surface area contributed by atoms with Crippen molar-refractivity contribution in [1.29, 1.82) is 0 Å². The van der Waals surface area contributed by atoms with Crippen LogP contribution in [0.5, 0.6) is 0 Å². The molecule has 1 saturated heterocycles. The lowest BCUT2D eigenvalue weighted by Gasteiger charge is -2.27. The molecular formula is C11H10F5NO. The van der Waals surface area contributed by atoms with Crippen LogP contribution in [0, 0.1) is 11.6 Å². The van der Waals surface area contributed by atoms with E-state index in [0.29, 0.717) is 19.2 Å². The standard InChI is InChI=1S/C11H10F5NO/c12-9-2-10(13)8(11(14,15)16)1-6(9)5-18-7-3-17-4-7/h1-2,7,17H,3-5H2. The van der Waals surface area contributed by atoms with Gasteiger partial charge in [-0.1, -0.05) is 0 Å². The fourth-order valence-electron chi connectivity index (χ4n) is 1.51. The van der Waals surface area contributed by atoms with Gasteiger partial charge in [0.2, 0.25) is 0 Å². The number of rotatable bonds is 3. The largest absolute Gasteiger partial charge is 0.419 e. The minimum atomic E-state index is -4.84. The fourth-order valence-corrected chi connectivity index (χ4v) is 1.51. The molecule has 0 amide bonds. The molecule has 100 valence electrons. The van der Waals surface area contributed by atoms with Gasteiger partial charge in [0, 0.05) is 24.7 Å². The van der Waals surface area contributed by atoms with Crippen molar-refractivity contribution in [2.45, 2.75) is 18.9 Å². The summed E-state index contributed by atoms with van der Waals surface area (Å²) in [6.45, 7) is 0.853. The lowest BCUT2D eigenvalue weighted by atomic mass is 10.1. The zero-order chi connectivity index (χ0) is 13.3. The van der Waals surface area contributed by atoms with Crippen molar-refractivity contribution < 1.29 is 26.7 Å². The lowest BCUT2D eigenvalue weighted by Crippen LogP contribution is -2.48. The molecule has 0 radical (unpaired) electrons. The van der Waals surface area contributed by atoms with Crippen LogP contribution in [0.2, 0.25) is 0 Å². The van der Waals surface area contributed by atoms with Crippen LogP contribution in [0.1, 0.15) is 11.1 Å². The summed E-state index contributed by atoms with van der Waals surface area (Å²) in [5.74, 6) is -2.65. The summed E-state index contributed by atoms with van der Waals surface area (Å²) >= 11 is 0.